The largest absolute Gasteiger partial charge is 0.315 e. The first-order valence-corrected chi connectivity index (χ1v) is 7.32. The van der Waals surface area contributed by atoms with Crippen LogP contribution in [0.2, 0.25) is 0 Å². The molecule has 0 aromatic carbocycles. The molecule has 1 fully saturated rings. The molecule has 1 atom stereocenters. The molecular formula is C15H32N2. The van der Waals surface area contributed by atoms with Gasteiger partial charge in [-0.2, -0.15) is 0 Å². The lowest BCUT2D eigenvalue weighted by atomic mass is 9.80. The van der Waals surface area contributed by atoms with Gasteiger partial charge < -0.3 is 10.2 Å². The van der Waals surface area contributed by atoms with E-state index < -0.39 is 0 Å². The van der Waals surface area contributed by atoms with E-state index in [1.54, 1.807) is 0 Å². The van der Waals surface area contributed by atoms with Crippen LogP contribution < -0.4 is 5.32 Å². The van der Waals surface area contributed by atoms with Gasteiger partial charge in [-0.25, -0.2) is 0 Å². The van der Waals surface area contributed by atoms with Crippen molar-refractivity contribution in [3.05, 3.63) is 0 Å². The molecule has 0 amide bonds. The van der Waals surface area contributed by atoms with Crippen molar-refractivity contribution in [3.8, 4) is 0 Å². The minimum absolute atomic E-state index is 0.486. The average molecular weight is 240 g/mol. The smallest absolute Gasteiger partial charge is 0.0107 e. The lowest BCUT2D eigenvalue weighted by Gasteiger charge is -2.27. The van der Waals surface area contributed by atoms with Crippen molar-refractivity contribution in [3.63, 3.8) is 0 Å². The van der Waals surface area contributed by atoms with Crippen LogP contribution in [0, 0.1) is 17.3 Å². The molecular weight excluding hydrogens is 208 g/mol. The highest BCUT2D eigenvalue weighted by molar-refractivity contribution is 4.83. The molecule has 0 saturated carbocycles. The Bertz CT molecular complexity index is 205. The van der Waals surface area contributed by atoms with E-state index in [0.29, 0.717) is 5.41 Å². The van der Waals surface area contributed by atoms with Gasteiger partial charge in [0.25, 0.3) is 0 Å². The summed E-state index contributed by atoms with van der Waals surface area (Å²) in [5.41, 5.74) is 0.486. The van der Waals surface area contributed by atoms with E-state index in [4.69, 9.17) is 0 Å². The zero-order valence-electron chi connectivity index (χ0n) is 12.6. The molecule has 0 aromatic rings. The fraction of sp³-hybridized carbons (Fsp3) is 1.00. The Labute approximate surface area is 108 Å². The third-order valence-corrected chi connectivity index (χ3v) is 4.00. The van der Waals surface area contributed by atoms with Crippen LogP contribution in [-0.4, -0.2) is 37.6 Å². The Hall–Kier alpha value is -0.0800. The van der Waals surface area contributed by atoms with Gasteiger partial charge in [-0.1, -0.05) is 34.6 Å². The Kier molecular flexibility index (Phi) is 5.94. The summed E-state index contributed by atoms with van der Waals surface area (Å²) in [6.07, 6.45) is 2.68. The maximum Gasteiger partial charge on any atom is 0.0107 e. The number of nitrogens with one attached hydrogen (secondary N) is 1. The molecule has 1 heterocycles. The molecule has 1 aliphatic rings. The van der Waals surface area contributed by atoms with Crippen LogP contribution in [0.15, 0.2) is 0 Å². The van der Waals surface area contributed by atoms with Gasteiger partial charge in [-0.15, -0.1) is 0 Å². The topological polar surface area (TPSA) is 15.3 Å². The van der Waals surface area contributed by atoms with E-state index >= 15 is 0 Å². The first-order valence-electron chi connectivity index (χ1n) is 7.32. The summed E-state index contributed by atoms with van der Waals surface area (Å²) in [6.45, 7) is 17.9. The standard InChI is InChI=1S/C15H32N2/c1-13(2)6-8-16-9-11-17-10-7-14(12-17)15(3,4)5/h13-14,16H,6-12H2,1-5H3. The molecule has 1 rings (SSSR count). The van der Waals surface area contributed by atoms with Crippen LogP contribution >= 0.6 is 0 Å². The summed E-state index contributed by atoms with van der Waals surface area (Å²) < 4.78 is 0. The van der Waals surface area contributed by atoms with Crippen molar-refractivity contribution in [2.24, 2.45) is 17.3 Å². The summed E-state index contributed by atoms with van der Waals surface area (Å²) in [4.78, 5) is 2.62. The van der Waals surface area contributed by atoms with E-state index in [2.05, 4.69) is 44.8 Å². The van der Waals surface area contributed by atoms with E-state index in [1.165, 1.54) is 39.0 Å². The van der Waals surface area contributed by atoms with E-state index in [9.17, 15) is 0 Å². The summed E-state index contributed by atoms with van der Waals surface area (Å²) in [5, 5.41) is 3.56. The highest BCUT2D eigenvalue weighted by Gasteiger charge is 2.31. The second-order valence-electron chi connectivity index (χ2n) is 7.08. The highest BCUT2D eigenvalue weighted by atomic mass is 15.2. The molecule has 0 aliphatic carbocycles. The first kappa shape index (κ1) is 15.0. The Morgan fingerprint density at radius 3 is 2.47 bits per heavy atom. The van der Waals surface area contributed by atoms with Crippen molar-refractivity contribution in [2.45, 2.75) is 47.5 Å². The molecule has 0 bridgehead atoms. The summed E-state index contributed by atoms with van der Waals surface area (Å²) in [6, 6.07) is 0. The van der Waals surface area contributed by atoms with Crippen molar-refractivity contribution in [1.82, 2.24) is 10.2 Å². The normalized spacial score (nSPS) is 22.6. The van der Waals surface area contributed by atoms with Gasteiger partial charge in [0.2, 0.25) is 0 Å². The molecule has 17 heavy (non-hydrogen) atoms. The number of rotatable bonds is 6. The van der Waals surface area contributed by atoms with Gasteiger partial charge in [0.15, 0.2) is 0 Å². The Morgan fingerprint density at radius 2 is 1.94 bits per heavy atom. The summed E-state index contributed by atoms with van der Waals surface area (Å²) in [5.74, 6) is 1.71. The molecule has 0 spiro atoms. The minimum atomic E-state index is 0.486. The number of likely N-dealkylation sites (tertiary alicyclic amines) is 1. The van der Waals surface area contributed by atoms with Gasteiger partial charge in [0.05, 0.1) is 0 Å². The van der Waals surface area contributed by atoms with Crippen LogP contribution in [-0.2, 0) is 0 Å². The molecule has 1 unspecified atom stereocenters. The second-order valence-corrected chi connectivity index (χ2v) is 7.08. The molecule has 2 heteroatoms. The predicted octanol–water partition coefficient (Wildman–Crippen LogP) is 2.99. The van der Waals surface area contributed by atoms with Gasteiger partial charge in [-0.05, 0) is 43.2 Å². The van der Waals surface area contributed by atoms with E-state index in [1.807, 2.05) is 0 Å². The lowest BCUT2D eigenvalue weighted by Crippen LogP contribution is -2.32. The van der Waals surface area contributed by atoms with Crippen LogP contribution in [0.5, 0.6) is 0 Å². The van der Waals surface area contributed by atoms with Gasteiger partial charge in [-0.3, -0.25) is 0 Å². The summed E-state index contributed by atoms with van der Waals surface area (Å²) in [7, 11) is 0. The molecule has 2 nitrogen and oxygen atoms in total. The zero-order chi connectivity index (χ0) is 12.9. The first-order chi connectivity index (χ1) is 7.89. The van der Waals surface area contributed by atoms with Crippen LogP contribution in [0.3, 0.4) is 0 Å². The molecule has 1 saturated heterocycles. The average Bonchev–Trinajstić information content (AvgIpc) is 2.64. The number of hydrogen-bond acceptors (Lipinski definition) is 2. The fourth-order valence-corrected chi connectivity index (χ4v) is 2.50. The second kappa shape index (κ2) is 6.75. The molecule has 0 radical (unpaired) electrons. The van der Waals surface area contributed by atoms with Crippen molar-refractivity contribution < 1.29 is 0 Å². The third kappa shape index (κ3) is 5.87. The Morgan fingerprint density at radius 1 is 1.24 bits per heavy atom. The monoisotopic (exact) mass is 240 g/mol. The third-order valence-electron chi connectivity index (χ3n) is 4.00. The van der Waals surface area contributed by atoms with Crippen LogP contribution in [0.25, 0.3) is 0 Å². The van der Waals surface area contributed by atoms with E-state index in [-0.39, 0.29) is 0 Å². The maximum absolute atomic E-state index is 3.56. The minimum Gasteiger partial charge on any atom is -0.315 e. The molecule has 0 aromatic heterocycles. The fourth-order valence-electron chi connectivity index (χ4n) is 2.50. The quantitative estimate of drug-likeness (QED) is 0.718. The molecule has 1 N–H and O–H groups in total. The van der Waals surface area contributed by atoms with Crippen LogP contribution in [0.1, 0.15) is 47.5 Å². The van der Waals surface area contributed by atoms with Gasteiger partial charge in [0, 0.05) is 19.6 Å². The number of nitrogens with zero attached hydrogens (tertiary/aromatic N) is 1. The van der Waals surface area contributed by atoms with Crippen molar-refractivity contribution >= 4 is 0 Å². The Balaban J connectivity index is 2.06. The highest BCUT2D eigenvalue weighted by Crippen LogP contribution is 2.33. The van der Waals surface area contributed by atoms with Crippen molar-refractivity contribution in [2.75, 3.05) is 32.7 Å². The zero-order valence-corrected chi connectivity index (χ0v) is 12.6. The van der Waals surface area contributed by atoms with Crippen LogP contribution in [0.4, 0.5) is 0 Å². The van der Waals surface area contributed by atoms with Gasteiger partial charge in [0.1, 0.15) is 0 Å². The SMILES string of the molecule is CC(C)CCNCCN1CCC(C(C)(C)C)C1. The lowest BCUT2D eigenvalue weighted by molar-refractivity contribution is 0.229. The molecule has 1 aliphatic heterocycles. The maximum atomic E-state index is 3.56. The van der Waals surface area contributed by atoms with Crippen molar-refractivity contribution in [1.29, 1.82) is 0 Å². The predicted molar refractivity (Wildman–Crippen MR) is 76.3 cm³/mol. The molecule has 102 valence electrons. The summed E-state index contributed by atoms with van der Waals surface area (Å²) >= 11 is 0. The number of hydrogen-bond donors (Lipinski definition) is 1. The van der Waals surface area contributed by atoms with Gasteiger partial charge >= 0.3 is 0 Å². The van der Waals surface area contributed by atoms with E-state index in [0.717, 1.165) is 18.4 Å².